The van der Waals surface area contributed by atoms with Crippen molar-refractivity contribution in [2.75, 3.05) is 7.11 Å². The molecule has 7 nitrogen and oxygen atoms in total. The number of carbonyl (C=O) groups is 2. The van der Waals surface area contributed by atoms with Gasteiger partial charge in [-0.25, -0.2) is 4.68 Å². The van der Waals surface area contributed by atoms with Crippen molar-refractivity contribution in [3.8, 4) is 5.69 Å². The van der Waals surface area contributed by atoms with Gasteiger partial charge in [-0.1, -0.05) is 43.0 Å². The van der Waals surface area contributed by atoms with Crippen LogP contribution in [0.3, 0.4) is 0 Å². The Morgan fingerprint density at radius 2 is 1.75 bits per heavy atom. The summed E-state index contributed by atoms with van der Waals surface area (Å²) in [6.45, 7) is 5.58. The summed E-state index contributed by atoms with van der Waals surface area (Å²) in [5, 5.41) is 9.11. The molecule has 36 heavy (non-hydrogen) atoms. The van der Waals surface area contributed by atoms with Crippen molar-refractivity contribution in [3.05, 3.63) is 41.2 Å². The number of carbonyl (C=O) groups excluding carboxylic acids is 2. The molecule has 1 heterocycles. The predicted octanol–water partition coefficient (Wildman–Crippen LogP) is 6.04. The van der Waals surface area contributed by atoms with Gasteiger partial charge in [-0.05, 0) is 76.5 Å². The number of methoxy groups -OCH3 is 1. The lowest BCUT2D eigenvalue weighted by molar-refractivity contribution is -0.155. The second-order valence-corrected chi connectivity index (χ2v) is 11.5. The number of esters is 2. The summed E-state index contributed by atoms with van der Waals surface area (Å²) >= 11 is 0. The minimum Gasteiger partial charge on any atom is -0.469 e. The van der Waals surface area contributed by atoms with Crippen molar-refractivity contribution < 1.29 is 19.1 Å². The first-order valence-corrected chi connectivity index (χ1v) is 13.6. The molecule has 0 saturated heterocycles. The summed E-state index contributed by atoms with van der Waals surface area (Å²) in [6.07, 6.45) is 10.9. The largest absolute Gasteiger partial charge is 0.469 e. The van der Waals surface area contributed by atoms with Gasteiger partial charge in [0.2, 0.25) is 0 Å². The maximum absolute atomic E-state index is 12.7. The molecule has 2 saturated carbocycles. The molecule has 0 aliphatic heterocycles. The third-order valence-electron chi connectivity index (χ3n) is 7.34. The molecule has 0 spiro atoms. The monoisotopic (exact) mass is 495 g/mol. The van der Waals surface area contributed by atoms with E-state index in [1.807, 2.05) is 25.5 Å². The van der Waals surface area contributed by atoms with Gasteiger partial charge < -0.3 is 9.47 Å². The van der Waals surface area contributed by atoms with Crippen LogP contribution >= 0.6 is 0 Å². The Kier molecular flexibility index (Phi) is 8.47. The topological polar surface area (TPSA) is 83.3 Å². The summed E-state index contributed by atoms with van der Waals surface area (Å²) in [7, 11) is 1.38. The van der Waals surface area contributed by atoms with E-state index in [0.717, 1.165) is 42.3 Å². The fourth-order valence-electron chi connectivity index (χ4n) is 5.31. The van der Waals surface area contributed by atoms with E-state index in [9.17, 15) is 9.59 Å². The first-order valence-electron chi connectivity index (χ1n) is 13.6. The van der Waals surface area contributed by atoms with E-state index in [-0.39, 0.29) is 30.7 Å². The highest BCUT2D eigenvalue weighted by molar-refractivity contribution is 5.72. The number of benzene rings is 1. The van der Waals surface area contributed by atoms with E-state index >= 15 is 0 Å². The summed E-state index contributed by atoms with van der Waals surface area (Å²) in [4.78, 5) is 24.6. The minimum atomic E-state index is -0.569. The molecule has 1 aromatic heterocycles. The van der Waals surface area contributed by atoms with Crippen molar-refractivity contribution >= 4 is 11.9 Å². The average Bonchev–Trinajstić information content (AvgIpc) is 3.35. The molecule has 2 aromatic rings. The fourth-order valence-corrected chi connectivity index (χ4v) is 5.31. The summed E-state index contributed by atoms with van der Waals surface area (Å²) in [5.41, 5.74) is 3.65. The first kappa shape index (κ1) is 26.4. The van der Waals surface area contributed by atoms with E-state index < -0.39 is 5.60 Å². The average molecular weight is 496 g/mol. The normalized spacial score (nSPS) is 17.2. The highest BCUT2D eigenvalue weighted by atomic mass is 16.6. The highest BCUT2D eigenvalue weighted by Crippen LogP contribution is 2.44. The van der Waals surface area contributed by atoms with Crippen molar-refractivity contribution in [3.63, 3.8) is 0 Å². The number of aryl methyl sites for hydroxylation is 1. The van der Waals surface area contributed by atoms with Crippen LogP contribution in [-0.2, 0) is 25.5 Å². The zero-order valence-electron chi connectivity index (χ0n) is 22.3. The SMILES string of the molecule is COC(=O)CC[C@@H](CC(=O)OC(C)(C)C)c1nnn(-c2ccc(CCC3CCCC3)cc2)c1C1CC1. The van der Waals surface area contributed by atoms with Crippen LogP contribution in [-0.4, -0.2) is 39.6 Å². The molecule has 1 aromatic carbocycles. The Balaban J connectivity index is 1.54. The van der Waals surface area contributed by atoms with Gasteiger partial charge >= 0.3 is 11.9 Å². The molecular weight excluding hydrogens is 454 g/mol. The maximum Gasteiger partial charge on any atom is 0.306 e. The quantitative estimate of drug-likeness (QED) is 0.354. The number of rotatable bonds is 11. The Morgan fingerprint density at radius 3 is 2.36 bits per heavy atom. The molecular formula is C29H41N3O4. The molecule has 4 rings (SSSR count). The summed E-state index contributed by atoms with van der Waals surface area (Å²) in [5.74, 6) is 0.416. The van der Waals surface area contributed by atoms with E-state index in [2.05, 4.69) is 34.6 Å². The molecule has 0 N–H and O–H groups in total. The van der Waals surface area contributed by atoms with E-state index in [0.29, 0.717) is 12.3 Å². The van der Waals surface area contributed by atoms with Crippen molar-refractivity contribution in [1.29, 1.82) is 0 Å². The van der Waals surface area contributed by atoms with Gasteiger partial charge in [0, 0.05) is 18.3 Å². The fraction of sp³-hybridized carbons (Fsp3) is 0.655. The zero-order valence-corrected chi connectivity index (χ0v) is 22.3. The minimum absolute atomic E-state index is 0.160. The second kappa shape index (κ2) is 11.6. The van der Waals surface area contributed by atoms with Crippen LogP contribution in [0.2, 0.25) is 0 Å². The van der Waals surface area contributed by atoms with Gasteiger partial charge in [0.25, 0.3) is 0 Å². The summed E-state index contributed by atoms with van der Waals surface area (Å²) < 4.78 is 12.4. The molecule has 2 aliphatic rings. The molecule has 0 unspecified atom stereocenters. The Bertz CT molecular complexity index is 1030. The molecule has 0 amide bonds. The smallest absolute Gasteiger partial charge is 0.306 e. The van der Waals surface area contributed by atoms with Crippen molar-refractivity contribution in [2.45, 2.75) is 109 Å². The van der Waals surface area contributed by atoms with Crippen LogP contribution in [0.15, 0.2) is 24.3 Å². The number of hydrogen-bond acceptors (Lipinski definition) is 6. The molecule has 2 fully saturated rings. The van der Waals surface area contributed by atoms with Gasteiger partial charge in [-0.2, -0.15) is 0 Å². The lowest BCUT2D eigenvalue weighted by atomic mass is 9.93. The van der Waals surface area contributed by atoms with Crippen LogP contribution in [0.1, 0.15) is 114 Å². The zero-order chi connectivity index (χ0) is 25.7. The lowest BCUT2D eigenvalue weighted by Gasteiger charge is -2.22. The van der Waals surface area contributed by atoms with E-state index in [1.54, 1.807) is 0 Å². The Hall–Kier alpha value is -2.70. The van der Waals surface area contributed by atoms with Crippen LogP contribution in [0, 0.1) is 5.92 Å². The molecule has 196 valence electrons. The van der Waals surface area contributed by atoms with Crippen LogP contribution in [0.25, 0.3) is 5.69 Å². The standard InChI is InChI=1S/C29H41N3O4/c1-29(2,3)36-26(34)19-23(15-18-25(33)35-4)27-28(22-13-14-22)32(31-30-27)24-16-11-21(12-17-24)10-9-20-7-5-6-8-20/h11-12,16-17,20,22-23H,5-10,13-15,18-19H2,1-4H3/t23-/m0/s1. The van der Waals surface area contributed by atoms with E-state index in [1.165, 1.54) is 44.8 Å². The van der Waals surface area contributed by atoms with E-state index in [4.69, 9.17) is 9.47 Å². The number of nitrogens with zero attached hydrogens (tertiary/aromatic N) is 3. The molecule has 0 bridgehead atoms. The van der Waals surface area contributed by atoms with Gasteiger partial charge in [0.1, 0.15) is 5.60 Å². The Labute approximate surface area is 214 Å². The molecule has 2 aliphatic carbocycles. The van der Waals surface area contributed by atoms with Crippen molar-refractivity contribution in [2.24, 2.45) is 5.92 Å². The highest BCUT2D eigenvalue weighted by Gasteiger charge is 2.36. The van der Waals surface area contributed by atoms with Gasteiger partial charge in [0.05, 0.1) is 30.6 Å². The van der Waals surface area contributed by atoms with Crippen LogP contribution < -0.4 is 0 Å². The Morgan fingerprint density at radius 1 is 1.06 bits per heavy atom. The number of aromatic nitrogens is 3. The number of ether oxygens (including phenoxy) is 2. The van der Waals surface area contributed by atoms with Gasteiger partial charge in [0.15, 0.2) is 0 Å². The third-order valence-corrected chi connectivity index (χ3v) is 7.34. The third kappa shape index (κ3) is 7.17. The molecule has 7 heteroatoms. The predicted molar refractivity (Wildman–Crippen MR) is 138 cm³/mol. The van der Waals surface area contributed by atoms with Gasteiger partial charge in [-0.3, -0.25) is 9.59 Å². The van der Waals surface area contributed by atoms with Crippen molar-refractivity contribution in [1.82, 2.24) is 15.0 Å². The maximum atomic E-state index is 12.7. The van der Waals surface area contributed by atoms with Crippen LogP contribution in [0.4, 0.5) is 0 Å². The van der Waals surface area contributed by atoms with Crippen LogP contribution in [0.5, 0.6) is 0 Å². The molecule has 0 radical (unpaired) electrons. The molecule has 1 atom stereocenters. The second-order valence-electron chi connectivity index (χ2n) is 11.5. The van der Waals surface area contributed by atoms with Gasteiger partial charge in [-0.15, -0.1) is 5.10 Å². The number of hydrogen-bond donors (Lipinski definition) is 0. The lowest BCUT2D eigenvalue weighted by Crippen LogP contribution is -2.25. The summed E-state index contributed by atoms with van der Waals surface area (Å²) in [6, 6.07) is 8.67. The first-order chi connectivity index (χ1) is 17.2.